The molecule has 0 saturated heterocycles. The lowest BCUT2D eigenvalue weighted by Crippen LogP contribution is -1.97. The number of hydrogen-bond donors (Lipinski definition) is 1. The van der Waals surface area contributed by atoms with Gasteiger partial charge in [0.05, 0.1) is 20.9 Å². The van der Waals surface area contributed by atoms with Gasteiger partial charge in [-0.1, -0.05) is 0 Å². The number of thiophene rings is 1. The molecule has 1 aromatic carbocycles. The number of anilines is 1. The Bertz CT molecular complexity index is 757. The van der Waals surface area contributed by atoms with E-state index in [1.165, 1.54) is 23.5 Å². The topological polar surface area (TPSA) is 43.8 Å². The summed E-state index contributed by atoms with van der Waals surface area (Å²) in [5, 5.41) is 0.772. The van der Waals surface area contributed by atoms with Gasteiger partial charge in [-0.25, -0.2) is 9.37 Å². The normalized spacial score (nSPS) is 11.3. The molecule has 19 heavy (non-hydrogen) atoms. The Kier molecular flexibility index (Phi) is 2.78. The molecule has 0 bridgehead atoms. The number of nitrogens with zero attached hydrogens (tertiary/aromatic N) is 2. The fourth-order valence-corrected chi connectivity index (χ4v) is 3.26. The van der Waals surface area contributed by atoms with Gasteiger partial charge < -0.3 is 10.3 Å². The molecule has 0 saturated carbocycles. The molecule has 0 radical (unpaired) electrons. The average molecular weight is 275 g/mol. The molecule has 0 fully saturated rings. The number of hydrogen-bond acceptors (Lipinski definition) is 3. The molecule has 3 nitrogen and oxygen atoms in total. The van der Waals surface area contributed by atoms with Crippen LogP contribution in [0.25, 0.3) is 21.7 Å². The van der Waals surface area contributed by atoms with Crippen LogP contribution in [0.2, 0.25) is 0 Å². The van der Waals surface area contributed by atoms with E-state index >= 15 is 0 Å². The predicted octanol–water partition coefficient (Wildman–Crippen LogP) is 3.81. The first-order valence-corrected chi connectivity index (χ1v) is 6.94. The summed E-state index contributed by atoms with van der Waals surface area (Å²) in [6.07, 6.45) is 0. The van der Waals surface area contributed by atoms with Gasteiger partial charge in [-0.3, -0.25) is 0 Å². The van der Waals surface area contributed by atoms with Crippen LogP contribution in [0, 0.1) is 12.7 Å². The number of fused-ring (bicyclic) bond motifs is 1. The molecule has 5 heteroatoms. The monoisotopic (exact) mass is 275 g/mol. The molecule has 0 unspecified atom stereocenters. The number of imidazole rings is 1. The summed E-state index contributed by atoms with van der Waals surface area (Å²) in [4.78, 5) is 5.67. The first-order valence-electron chi connectivity index (χ1n) is 6.12. The van der Waals surface area contributed by atoms with Crippen LogP contribution >= 0.6 is 11.3 Å². The van der Waals surface area contributed by atoms with Crippen LogP contribution in [-0.2, 0) is 6.54 Å². The number of halogens is 1. The average Bonchev–Trinajstić information content (AvgIpc) is 2.88. The minimum absolute atomic E-state index is 0.240. The first-order chi connectivity index (χ1) is 9.10. The van der Waals surface area contributed by atoms with Crippen molar-refractivity contribution in [2.75, 3.05) is 5.73 Å². The molecule has 2 heterocycles. The predicted molar refractivity (Wildman–Crippen MR) is 77.8 cm³/mol. The highest BCUT2D eigenvalue weighted by Gasteiger charge is 2.16. The van der Waals surface area contributed by atoms with E-state index in [4.69, 9.17) is 5.73 Å². The Labute approximate surface area is 114 Å². The number of benzene rings is 1. The molecule has 98 valence electrons. The van der Waals surface area contributed by atoms with E-state index in [0.717, 1.165) is 38.8 Å². The second kappa shape index (κ2) is 4.35. The van der Waals surface area contributed by atoms with Crippen LogP contribution in [0.3, 0.4) is 0 Å². The summed E-state index contributed by atoms with van der Waals surface area (Å²) >= 11 is 1.52. The third-order valence-electron chi connectivity index (χ3n) is 3.17. The van der Waals surface area contributed by atoms with Gasteiger partial charge in [0.15, 0.2) is 5.82 Å². The number of aryl methyl sites for hydroxylation is 2. The molecular formula is C14H14FN3S. The minimum atomic E-state index is -0.240. The van der Waals surface area contributed by atoms with Crippen molar-refractivity contribution in [3.8, 4) is 10.7 Å². The second-order valence-electron chi connectivity index (χ2n) is 4.47. The van der Waals surface area contributed by atoms with E-state index in [1.54, 1.807) is 6.07 Å². The third-order valence-corrected chi connectivity index (χ3v) is 4.23. The van der Waals surface area contributed by atoms with Crippen molar-refractivity contribution in [2.24, 2.45) is 0 Å². The Morgan fingerprint density at radius 1 is 1.37 bits per heavy atom. The Balaban J connectivity index is 2.32. The number of rotatable bonds is 2. The van der Waals surface area contributed by atoms with Crippen LogP contribution in [-0.4, -0.2) is 9.55 Å². The van der Waals surface area contributed by atoms with Crippen molar-refractivity contribution in [1.29, 1.82) is 0 Å². The molecule has 0 aliphatic rings. The van der Waals surface area contributed by atoms with Gasteiger partial charge in [-0.2, -0.15) is 0 Å². The van der Waals surface area contributed by atoms with Crippen molar-refractivity contribution in [3.63, 3.8) is 0 Å². The summed E-state index contributed by atoms with van der Waals surface area (Å²) in [7, 11) is 0. The molecule has 0 aliphatic carbocycles. The molecule has 2 N–H and O–H groups in total. The second-order valence-corrected chi connectivity index (χ2v) is 5.56. The molecule has 2 aromatic heterocycles. The van der Waals surface area contributed by atoms with Gasteiger partial charge in [0.2, 0.25) is 0 Å². The number of nitrogens with two attached hydrogens (primary N) is 1. The van der Waals surface area contributed by atoms with Crippen molar-refractivity contribution in [2.45, 2.75) is 20.4 Å². The van der Waals surface area contributed by atoms with Crippen molar-refractivity contribution >= 4 is 27.4 Å². The Hall–Kier alpha value is -1.88. The lowest BCUT2D eigenvalue weighted by Gasteiger charge is -2.05. The van der Waals surface area contributed by atoms with Crippen molar-refractivity contribution in [3.05, 3.63) is 35.6 Å². The van der Waals surface area contributed by atoms with E-state index in [1.807, 2.05) is 24.5 Å². The van der Waals surface area contributed by atoms with Crippen molar-refractivity contribution in [1.82, 2.24) is 9.55 Å². The van der Waals surface area contributed by atoms with Gasteiger partial charge in [0.1, 0.15) is 5.82 Å². The largest absolute Gasteiger partial charge is 0.391 e. The van der Waals surface area contributed by atoms with Crippen molar-refractivity contribution < 1.29 is 4.39 Å². The Morgan fingerprint density at radius 2 is 2.16 bits per heavy atom. The fourth-order valence-electron chi connectivity index (χ4n) is 2.32. The maximum absolute atomic E-state index is 13.4. The zero-order valence-corrected chi connectivity index (χ0v) is 11.6. The van der Waals surface area contributed by atoms with Crippen LogP contribution < -0.4 is 5.73 Å². The van der Waals surface area contributed by atoms with Gasteiger partial charge in [-0.15, -0.1) is 11.3 Å². The molecule has 0 atom stereocenters. The van der Waals surface area contributed by atoms with Gasteiger partial charge in [0.25, 0.3) is 0 Å². The zero-order chi connectivity index (χ0) is 13.6. The van der Waals surface area contributed by atoms with E-state index in [2.05, 4.69) is 4.98 Å². The summed E-state index contributed by atoms with van der Waals surface area (Å²) < 4.78 is 15.4. The van der Waals surface area contributed by atoms with Crippen LogP contribution in [0.15, 0.2) is 24.3 Å². The molecular weight excluding hydrogens is 261 g/mol. The van der Waals surface area contributed by atoms with Crippen LogP contribution in [0.1, 0.15) is 12.5 Å². The summed E-state index contributed by atoms with van der Waals surface area (Å²) in [5.41, 5.74) is 8.59. The molecule has 3 rings (SSSR count). The highest BCUT2D eigenvalue weighted by molar-refractivity contribution is 7.19. The third kappa shape index (κ3) is 1.90. The molecule has 0 spiro atoms. The number of nitrogen functional groups attached to an aromatic ring is 1. The van der Waals surface area contributed by atoms with E-state index < -0.39 is 0 Å². The van der Waals surface area contributed by atoms with E-state index in [9.17, 15) is 4.39 Å². The summed E-state index contributed by atoms with van der Waals surface area (Å²) in [6.45, 7) is 4.79. The quantitative estimate of drug-likeness (QED) is 0.772. The van der Waals surface area contributed by atoms with Crippen LogP contribution in [0.5, 0.6) is 0 Å². The summed E-state index contributed by atoms with van der Waals surface area (Å²) in [5.74, 6) is 0.623. The molecule has 0 aliphatic heterocycles. The van der Waals surface area contributed by atoms with Gasteiger partial charge in [0, 0.05) is 6.54 Å². The number of aromatic nitrogens is 2. The molecule has 3 aromatic rings. The van der Waals surface area contributed by atoms with E-state index in [-0.39, 0.29) is 5.82 Å². The van der Waals surface area contributed by atoms with Crippen LogP contribution in [0.4, 0.5) is 9.39 Å². The smallest absolute Gasteiger partial charge is 0.151 e. The molecule has 0 amide bonds. The van der Waals surface area contributed by atoms with E-state index in [0.29, 0.717) is 0 Å². The SMILES string of the molecule is CCn1c(-c2sc(N)cc2C)nc2ccc(F)cc21. The highest BCUT2D eigenvalue weighted by Crippen LogP contribution is 2.35. The highest BCUT2D eigenvalue weighted by atomic mass is 32.1. The first kappa shape index (κ1) is 12.2. The lowest BCUT2D eigenvalue weighted by molar-refractivity contribution is 0.628. The fraction of sp³-hybridized carbons (Fsp3) is 0.214. The van der Waals surface area contributed by atoms with Gasteiger partial charge in [-0.05, 0) is 43.7 Å². The van der Waals surface area contributed by atoms with Gasteiger partial charge >= 0.3 is 0 Å². The zero-order valence-electron chi connectivity index (χ0n) is 10.8. The standard InChI is InChI=1S/C14H14FN3S/c1-3-18-11-7-9(15)4-5-10(11)17-14(18)13-8(2)6-12(16)19-13/h4-7H,3,16H2,1-2H3. The maximum atomic E-state index is 13.4. The Morgan fingerprint density at radius 3 is 2.79 bits per heavy atom. The maximum Gasteiger partial charge on any atom is 0.151 e. The summed E-state index contributed by atoms with van der Waals surface area (Å²) in [6, 6.07) is 6.63. The lowest BCUT2D eigenvalue weighted by atomic mass is 10.3. The minimum Gasteiger partial charge on any atom is -0.391 e.